The van der Waals surface area contributed by atoms with Crippen LogP contribution in [0.1, 0.15) is 5.56 Å². The molecular formula is C14H9ClF2N2S. The molecular weight excluding hydrogens is 302 g/mol. The molecule has 20 heavy (non-hydrogen) atoms. The third-order valence-corrected chi connectivity index (χ3v) is 3.70. The fraction of sp³-hybridized carbons (Fsp3) is 0.0714. The Kier molecular flexibility index (Phi) is 3.11. The van der Waals surface area contributed by atoms with E-state index in [9.17, 15) is 8.78 Å². The highest BCUT2D eigenvalue weighted by atomic mass is 35.5. The molecule has 3 aromatic rings. The number of fused-ring (bicyclic) bond motifs is 1. The minimum atomic E-state index is -0.526. The van der Waals surface area contributed by atoms with Gasteiger partial charge in [-0.15, -0.1) is 0 Å². The molecule has 1 aromatic heterocycles. The SMILES string of the molecule is Cc1cc(F)ccc1-n1c(=S)[nH]c2cc(Cl)c(F)cc21. The van der Waals surface area contributed by atoms with Gasteiger partial charge in [-0.05, 0) is 49.0 Å². The van der Waals surface area contributed by atoms with E-state index in [-0.39, 0.29) is 10.8 Å². The molecule has 0 atom stereocenters. The van der Waals surface area contributed by atoms with E-state index in [0.717, 1.165) is 0 Å². The lowest BCUT2D eigenvalue weighted by Gasteiger charge is -2.08. The first kappa shape index (κ1) is 13.3. The zero-order valence-electron chi connectivity index (χ0n) is 10.4. The van der Waals surface area contributed by atoms with Crippen LogP contribution < -0.4 is 0 Å². The van der Waals surface area contributed by atoms with Crippen LogP contribution in [0.25, 0.3) is 16.7 Å². The first-order chi connectivity index (χ1) is 9.47. The monoisotopic (exact) mass is 310 g/mol. The summed E-state index contributed by atoms with van der Waals surface area (Å²) in [5.41, 5.74) is 2.60. The second-order valence-corrected chi connectivity index (χ2v) is 5.27. The highest BCUT2D eigenvalue weighted by Crippen LogP contribution is 2.26. The minimum absolute atomic E-state index is 0.0247. The second kappa shape index (κ2) is 4.68. The molecule has 1 heterocycles. The van der Waals surface area contributed by atoms with Crippen LogP contribution in [0.5, 0.6) is 0 Å². The first-order valence-electron chi connectivity index (χ1n) is 5.83. The van der Waals surface area contributed by atoms with Gasteiger partial charge >= 0.3 is 0 Å². The summed E-state index contributed by atoms with van der Waals surface area (Å²) in [6.45, 7) is 1.77. The van der Waals surface area contributed by atoms with Gasteiger partial charge in [0.1, 0.15) is 11.6 Å². The van der Waals surface area contributed by atoms with E-state index in [0.29, 0.717) is 27.1 Å². The number of aromatic amines is 1. The van der Waals surface area contributed by atoms with Gasteiger partial charge in [-0.3, -0.25) is 4.57 Å². The standard InChI is InChI=1S/C14H9ClF2N2S/c1-7-4-8(16)2-3-12(7)19-13-6-10(17)9(15)5-11(13)18-14(19)20/h2-6H,1H3,(H,18,20). The Morgan fingerprint density at radius 2 is 1.95 bits per heavy atom. The molecule has 0 saturated carbocycles. The zero-order chi connectivity index (χ0) is 14.4. The van der Waals surface area contributed by atoms with Crippen molar-refractivity contribution in [3.05, 3.63) is 57.3 Å². The lowest BCUT2D eigenvalue weighted by Crippen LogP contribution is -1.98. The summed E-state index contributed by atoms with van der Waals surface area (Å²) in [4.78, 5) is 2.97. The number of halogens is 3. The number of benzene rings is 2. The number of imidazole rings is 1. The van der Waals surface area contributed by atoms with Gasteiger partial charge in [-0.1, -0.05) is 11.6 Å². The summed E-state index contributed by atoms with van der Waals surface area (Å²) in [6.07, 6.45) is 0. The van der Waals surface area contributed by atoms with Gasteiger partial charge in [0, 0.05) is 6.07 Å². The molecule has 102 valence electrons. The number of hydrogen-bond donors (Lipinski definition) is 1. The van der Waals surface area contributed by atoms with Crippen molar-refractivity contribution in [2.75, 3.05) is 0 Å². The maximum atomic E-state index is 13.7. The van der Waals surface area contributed by atoms with Crippen LogP contribution in [0.15, 0.2) is 30.3 Å². The Morgan fingerprint density at radius 1 is 1.20 bits per heavy atom. The number of H-pyrrole nitrogens is 1. The fourth-order valence-electron chi connectivity index (χ4n) is 2.21. The lowest BCUT2D eigenvalue weighted by atomic mass is 10.2. The van der Waals surface area contributed by atoms with E-state index in [2.05, 4.69) is 4.98 Å². The molecule has 3 rings (SSSR count). The number of rotatable bonds is 1. The minimum Gasteiger partial charge on any atom is -0.330 e. The number of nitrogens with zero attached hydrogens (tertiary/aromatic N) is 1. The van der Waals surface area contributed by atoms with E-state index in [1.54, 1.807) is 17.6 Å². The molecule has 0 unspecified atom stereocenters. The molecule has 0 saturated heterocycles. The number of hydrogen-bond acceptors (Lipinski definition) is 1. The molecule has 0 aliphatic rings. The number of aryl methyl sites for hydroxylation is 1. The van der Waals surface area contributed by atoms with Crippen molar-refractivity contribution in [1.29, 1.82) is 0 Å². The molecule has 2 aromatic carbocycles. The van der Waals surface area contributed by atoms with Crippen LogP contribution in [-0.4, -0.2) is 9.55 Å². The Bertz CT molecular complexity index is 883. The van der Waals surface area contributed by atoms with Crippen LogP contribution in [-0.2, 0) is 0 Å². The summed E-state index contributed by atoms with van der Waals surface area (Å²) in [6, 6.07) is 7.15. The Morgan fingerprint density at radius 3 is 2.65 bits per heavy atom. The van der Waals surface area contributed by atoms with E-state index in [1.807, 2.05) is 0 Å². The maximum Gasteiger partial charge on any atom is 0.182 e. The molecule has 0 fully saturated rings. The molecule has 1 N–H and O–H groups in total. The van der Waals surface area contributed by atoms with Crippen molar-refractivity contribution < 1.29 is 8.78 Å². The van der Waals surface area contributed by atoms with Gasteiger partial charge in [0.2, 0.25) is 0 Å². The van der Waals surface area contributed by atoms with Crippen LogP contribution in [0.3, 0.4) is 0 Å². The fourth-order valence-corrected chi connectivity index (χ4v) is 2.68. The average molecular weight is 311 g/mol. The third-order valence-electron chi connectivity index (χ3n) is 3.12. The Hall–Kier alpha value is -1.72. The predicted molar refractivity (Wildman–Crippen MR) is 78.1 cm³/mol. The quantitative estimate of drug-likeness (QED) is 0.632. The maximum absolute atomic E-state index is 13.7. The van der Waals surface area contributed by atoms with Gasteiger partial charge in [0.25, 0.3) is 0 Å². The Labute approximate surface area is 123 Å². The van der Waals surface area contributed by atoms with Crippen molar-refractivity contribution in [3.8, 4) is 5.69 Å². The van der Waals surface area contributed by atoms with Crippen LogP contribution in [0.4, 0.5) is 8.78 Å². The third kappa shape index (κ3) is 2.03. The van der Waals surface area contributed by atoms with Crippen molar-refractivity contribution >= 4 is 34.9 Å². The van der Waals surface area contributed by atoms with Gasteiger partial charge in [-0.25, -0.2) is 8.78 Å². The van der Waals surface area contributed by atoms with Crippen LogP contribution >= 0.6 is 23.8 Å². The molecule has 2 nitrogen and oxygen atoms in total. The smallest absolute Gasteiger partial charge is 0.182 e. The molecule has 0 bridgehead atoms. The van der Waals surface area contributed by atoms with Crippen molar-refractivity contribution in [3.63, 3.8) is 0 Å². The molecule has 0 aliphatic carbocycles. The topological polar surface area (TPSA) is 20.7 Å². The largest absolute Gasteiger partial charge is 0.330 e. The predicted octanol–water partition coefficient (Wildman–Crippen LogP) is 4.93. The van der Waals surface area contributed by atoms with Crippen molar-refractivity contribution in [1.82, 2.24) is 9.55 Å². The summed E-state index contributed by atoms with van der Waals surface area (Å²) in [5.74, 6) is -0.853. The Balaban J connectivity index is 2.39. The average Bonchev–Trinajstić information content (AvgIpc) is 2.66. The van der Waals surface area contributed by atoms with Crippen LogP contribution in [0.2, 0.25) is 5.02 Å². The number of nitrogens with one attached hydrogen (secondary N) is 1. The normalized spacial score (nSPS) is 11.2. The highest BCUT2D eigenvalue weighted by molar-refractivity contribution is 7.71. The number of aromatic nitrogens is 2. The summed E-state index contributed by atoms with van der Waals surface area (Å²) >= 11 is 11.0. The molecule has 6 heteroatoms. The van der Waals surface area contributed by atoms with Crippen molar-refractivity contribution in [2.24, 2.45) is 0 Å². The first-order valence-corrected chi connectivity index (χ1v) is 6.62. The second-order valence-electron chi connectivity index (χ2n) is 4.48. The highest BCUT2D eigenvalue weighted by Gasteiger charge is 2.12. The van der Waals surface area contributed by atoms with Gasteiger partial charge in [0.05, 0.1) is 21.7 Å². The van der Waals surface area contributed by atoms with E-state index < -0.39 is 5.82 Å². The summed E-state index contributed by atoms with van der Waals surface area (Å²) in [7, 11) is 0. The van der Waals surface area contributed by atoms with Gasteiger partial charge in [-0.2, -0.15) is 0 Å². The van der Waals surface area contributed by atoms with E-state index in [1.165, 1.54) is 24.3 Å². The summed E-state index contributed by atoms with van der Waals surface area (Å²) in [5, 5.41) is 0.0247. The molecule has 0 amide bonds. The van der Waals surface area contributed by atoms with Crippen LogP contribution in [0, 0.1) is 23.3 Å². The van der Waals surface area contributed by atoms with E-state index >= 15 is 0 Å². The lowest BCUT2D eigenvalue weighted by molar-refractivity contribution is 0.625. The summed E-state index contributed by atoms with van der Waals surface area (Å²) < 4.78 is 28.9. The molecule has 0 spiro atoms. The zero-order valence-corrected chi connectivity index (χ0v) is 11.9. The van der Waals surface area contributed by atoms with Crippen molar-refractivity contribution in [2.45, 2.75) is 6.92 Å². The van der Waals surface area contributed by atoms with E-state index in [4.69, 9.17) is 23.8 Å². The molecule has 0 radical (unpaired) electrons. The van der Waals surface area contributed by atoms with Gasteiger partial charge < -0.3 is 4.98 Å². The van der Waals surface area contributed by atoms with Gasteiger partial charge in [0.15, 0.2) is 4.77 Å². The molecule has 0 aliphatic heterocycles.